The van der Waals surface area contributed by atoms with E-state index >= 15 is 0 Å². The third kappa shape index (κ3) is 5.99. The second-order valence-corrected chi connectivity index (χ2v) is 7.25. The highest BCUT2D eigenvalue weighted by atomic mass is 16.5. The predicted octanol–water partition coefficient (Wildman–Crippen LogP) is 2.50. The highest BCUT2D eigenvalue weighted by Gasteiger charge is 2.33. The highest BCUT2D eigenvalue weighted by Crippen LogP contribution is 2.40. The summed E-state index contributed by atoms with van der Waals surface area (Å²) in [5, 5.41) is 10.8. The molecule has 0 atom stereocenters. The quantitative estimate of drug-likeness (QED) is 0.525. The molecule has 1 fully saturated rings. The van der Waals surface area contributed by atoms with Crippen molar-refractivity contribution in [1.82, 2.24) is 20.8 Å². The van der Waals surface area contributed by atoms with Gasteiger partial charge in [0.2, 0.25) is 5.89 Å². The first-order chi connectivity index (χ1) is 12.1. The number of rotatable bonds is 9. The number of aromatic nitrogens is 2. The second-order valence-electron chi connectivity index (χ2n) is 7.25. The fraction of sp³-hybridized carbons (Fsp3) is 0.833. The zero-order valence-electron chi connectivity index (χ0n) is 16.1. The lowest BCUT2D eigenvalue weighted by Crippen LogP contribution is -2.43. The molecule has 25 heavy (non-hydrogen) atoms. The molecule has 0 bridgehead atoms. The minimum atomic E-state index is 0.287. The van der Waals surface area contributed by atoms with Gasteiger partial charge in [0.25, 0.3) is 0 Å². The van der Waals surface area contributed by atoms with Crippen LogP contribution in [0.3, 0.4) is 0 Å². The first-order valence-electron chi connectivity index (χ1n) is 9.34. The Bertz CT molecular complexity index is 535. The number of aliphatic imine (C=N–C) groups is 1. The summed E-state index contributed by atoms with van der Waals surface area (Å²) in [4.78, 5) is 8.72. The maximum atomic E-state index is 5.30. The summed E-state index contributed by atoms with van der Waals surface area (Å²) in [7, 11) is 3.58. The van der Waals surface area contributed by atoms with Gasteiger partial charge in [0, 0.05) is 46.2 Å². The molecule has 1 aliphatic rings. The summed E-state index contributed by atoms with van der Waals surface area (Å²) in [6, 6.07) is 0. The Labute approximate surface area is 151 Å². The van der Waals surface area contributed by atoms with E-state index in [2.05, 4.69) is 39.6 Å². The standard InChI is InChI=1S/C18H33N5O2/c1-14(2)16-22-15(25-23-16)7-11-20-17(19-3)21-13-18(10-12-24-4)8-5-6-9-18/h14H,5-13H2,1-4H3,(H2,19,20,21). The van der Waals surface area contributed by atoms with E-state index in [9.17, 15) is 0 Å². The fourth-order valence-corrected chi connectivity index (χ4v) is 3.34. The van der Waals surface area contributed by atoms with E-state index in [4.69, 9.17) is 9.26 Å². The van der Waals surface area contributed by atoms with Crippen LogP contribution in [-0.2, 0) is 11.2 Å². The van der Waals surface area contributed by atoms with E-state index < -0.39 is 0 Å². The van der Waals surface area contributed by atoms with Gasteiger partial charge in [-0.2, -0.15) is 4.98 Å². The van der Waals surface area contributed by atoms with Gasteiger partial charge in [-0.1, -0.05) is 31.8 Å². The Hall–Kier alpha value is -1.63. The molecule has 1 saturated carbocycles. The fourth-order valence-electron chi connectivity index (χ4n) is 3.34. The van der Waals surface area contributed by atoms with Gasteiger partial charge in [0.15, 0.2) is 11.8 Å². The van der Waals surface area contributed by atoms with Crippen LogP contribution in [0.5, 0.6) is 0 Å². The van der Waals surface area contributed by atoms with Crippen LogP contribution in [0, 0.1) is 5.41 Å². The molecule has 0 spiro atoms. The van der Waals surface area contributed by atoms with Gasteiger partial charge in [0.05, 0.1) is 0 Å². The van der Waals surface area contributed by atoms with Crippen LogP contribution in [0.25, 0.3) is 0 Å². The number of ether oxygens (including phenoxy) is 1. The van der Waals surface area contributed by atoms with E-state index in [1.807, 2.05) is 0 Å². The van der Waals surface area contributed by atoms with Crippen molar-refractivity contribution in [2.75, 3.05) is 33.9 Å². The number of nitrogens with zero attached hydrogens (tertiary/aromatic N) is 3. The Morgan fingerprint density at radius 2 is 2.08 bits per heavy atom. The van der Waals surface area contributed by atoms with Crippen molar-refractivity contribution < 1.29 is 9.26 Å². The topological polar surface area (TPSA) is 84.6 Å². The van der Waals surface area contributed by atoms with Crippen LogP contribution in [0.1, 0.15) is 63.6 Å². The molecule has 0 amide bonds. The highest BCUT2D eigenvalue weighted by molar-refractivity contribution is 5.79. The summed E-state index contributed by atoms with van der Waals surface area (Å²) in [5.41, 5.74) is 0.340. The Balaban J connectivity index is 1.76. The molecule has 1 aliphatic carbocycles. The lowest BCUT2D eigenvalue weighted by Gasteiger charge is -2.29. The zero-order chi connectivity index (χ0) is 18.1. The van der Waals surface area contributed by atoms with Crippen LogP contribution in [0.15, 0.2) is 9.52 Å². The van der Waals surface area contributed by atoms with E-state index in [1.165, 1.54) is 25.7 Å². The molecule has 0 saturated heterocycles. The van der Waals surface area contributed by atoms with Crippen molar-refractivity contribution in [1.29, 1.82) is 0 Å². The number of guanidine groups is 1. The Morgan fingerprint density at radius 1 is 1.32 bits per heavy atom. The van der Waals surface area contributed by atoms with Gasteiger partial charge in [-0.25, -0.2) is 0 Å². The third-order valence-electron chi connectivity index (χ3n) is 4.99. The van der Waals surface area contributed by atoms with E-state index in [1.54, 1.807) is 14.2 Å². The van der Waals surface area contributed by atoms with Crippen LogP contribution >= 0.6 is 0 Å². The van der Waals surface area contributed by atoms with Gasteiger partial charge < -0.3 is 19.9 Å². The molecule has 2 N–H and O–H groups in total. The average molecular weight is 351 g/mol. The van der Waals surface area contributed by atoms with Crippen LogP contribution in [0.4, 0.5) is 0 Å². The average Bonchev–Trinajstić information content (AvgIpc) is 3.26. The van der Waals surface area contributed by atoms with Crippen LogP contribution < -0.4 is 10.6 Å². The van der Waals surface area contributed by atoms with Crippen molar-refractivity contribution in [3.63, 3.8) is 0 Å². The molecule has 0 radical (unpaired) electrons. The van der Waals surface area contributed by atoms with Crippen molar-refractivity contribution in [2.24, 2.45) is 10.4 Å². The smallest absolute Gasteiger partial charge is 0.228 e. The number of methoxy groups -OCH3 is 1. The van der Waals surface area contributed by atoms with Crippen LogP contribution in [-0.4, -0.2) is 50.0 Å². The molecule has 7 heteroatoms. The molecular formula is C18H33N5O2. The minimum absolute atomic E-state index is 0.287. The maximum absolute atomic E-state index is 5.30. The van der Waals surface area contributed by atoms with Crippen molar-refractivity contribution in [3.05, 3.63) is 11.7 Å². The Kier molecular flexibility index (Phi) is 7.68. The number of hydrogen-bond acceptors (Lipinski definition) is 5. The number of hydrogen-bond donors (Lipinski definition) is 2. The summed E-state index contributed by atoms with van der Waals surface area (Å²) in [6.07, 6.45) is 6.95. The van der Waals surface area contributed by atoms with Gasteiger partial charge >= 0.3 is 0 Å². The largest absolute Gasteiger partial charge is 0.385 e. The van der Waals surface area contributed by atoms with Crippen molar-refractivity contribution in [2.45, 2.75) is 58.3 Å². The monoisotopic (exact) mass is 351 g/mol. The summed E-state index contributed by atoms with van der Waals surface area (Å²) >= 11 is 0. The second kappa shape index (κ2) is 9.75. The first kappa shape index (κ1) is 19.7. The van der Waals surface area contributed by atoms with Crippen molar-refractivity contribution in [3.8, 4) is 0 Å². The Morgan fingerprint density at radius 3 is 2.68 bits per heavy atom. The molecular weight excluding hydrogens is 318 g/mol. The summed E-state index contributed by atoms with van der Waals surface area (Å²) in [6.45, 7) is 6.59. The van der Waals surface area contributed by atoms with Gasteiger partial charge in [0.1, 0.15) is 0 Å². The van der Waals surface area contributed by atoms with Gasteiger partial charge in [-0.15, -0.1) is 0 Å². The molecule has 1 aromatic rings. The molecule has 0 aliphatic heterocycles. The minimum Gasteiger partial charge on any atom is -0.385 e. The van der Waals surface area contributed by atoms with E-state index in [-0.39, 0.29) is 5.92 Å². The molecule has 7 nitrogen and oxygen atoms in total. The molecule has 2 rings (SSSR count). The SMILES string of the molecule is CN=C(NCCc1nc(C(C)C)no1)NCC1(CCOC)CCCC1. The third-order valence-corrected chi connectivity index (χ3v) is 4.99. The van der Waals surface area contributed by atoms with Crippen molar-refractivity contribution >= 4 is 5.96 Å². The molecule has 1 aromatic heterocycles. The lowest BCUT2D eigenvalue weighted by atomic mass is 9.83. The predicted molar refractivity (Wildman–Crippen MR) is 98.8 cm³/mol. The normalized spacial score (nSPS) is 17.2. The van der Waals surface area contributed by atoms with E-state index in [0.717, 1.165) is 31.4 Å². The lowest BCUT2D eigenvalue weighted by molar-refractivity contribution is 0.138. The molecule has 142 valence electrons. The first-order valence-corrected chi connectivity index (χ1v) is 9.34. The maximum Gasteiger partial charge on any atom is 0.228 e. The molecule has 1 heterocycles. The summed E-state index contributed by atoms with van der Waals surface area (Å²) in [5.74, 6) is 2.54. The van der Waals surface area contributed by atoms with Gasteiger partial charge in [-0.3, -0.25) is 4.99 Å². The van der Waals surface area contributed by atoms with Gasteiger partial charge in [-0.05, 0) is 24.7 Å². The van der Waals surface area contributed by atoms with Crippen LogP contribution in [0.2, 0.25) is 0 Å². The molecule has 0 aromatic carbocycles. The number of nitrogens with one attached hydrogen (secondary N) is 2. The summed E-state index contributed by atoms with van der Waals surface area (Å²) < 4.78 is 10.6. The van der Waals surface area contributed by atoms with E-state index in [0.29, 0.717) is 24.3 Å². The molecule has 0 unspecified atom stereocenters. The zero-order valence-corrected chi connectivity index (χ0v) is 16.1.